The van der Waals surface area contributed by atoms with Gasteiger partial charge in [-0.2, -0.15) is 0 Å². The molecule has 158 valence electrons. The van der Waals surface area contributed by atoms with Crippen LogP contribution in [0.1, 0.15) is 33.4 Å². The molecule has 0 saturated carbocycles. The molecular weight excluding hydrogens is 388 g/mol. The summed E-state index contributed by atoms with van der Waals surface area (Å²) in [6.45, 7) is 12.9. The number of benzene rings is 4. The molecule has 0 atom stereocenters. The van der Waals surface area contributed by atoms with Crippen molar-refractivity contribution in [2.45, 2.75) is 41.5 Å². The van der Waals surface area contributed by atoms with Crippen molar-refractivity contribution in [3.63, 3.8) is 0 Å². The Balaban J connectivity index is 1.95. The summed E-state index contributed by atoms with van der Waals surface area (Å²) in [6.07, 6.45) is 0. The molecule has 0 spiro atoms. The molecule has 32 heavy (non-hydrogen) atoms. The van der Waals surface area contributed by atoms with E-state index in [-0.39, 0.29) is 0 Å². The fourth-order valence-electron chi connectivity index (χ4n) is 4.98. The van der Waals surface area contributed by atoms with Crippen LogP contribution in [-0.4, -0.2) is 9.97 Å². The molecule has 0 saturated heterocycles. The lowest BCUT2D eigenvalue weighted by molar-refractivity contribution is 1.25. The molecule has 0 N–H and O–H groups in total. The van der Waals surface area contributed by atoms with Crippen LogP contribution in [-0.2, 0) is 0 Å². The predicted molar refractivity (Wildman–Crippen MR) is 136 cm³/mol. The Morgan fingerprint density at radius 1 is 0.469 bits per heavy atom. The Morgan fingerprint density at radius 2 is 0.812 bits per heavy atom. The van der Waals surface area contributed by atoms with Crippen molar-refractivity contribution in [2.24, 2.45) is 0 Å². The Morgan fingerprint density at radius 3 is 1.16 bits per heavy atom. The van der Waals surface area contributed by atoms with E-state index >= 15 is 0 Å². The Bertz CT molecular complexity index is 1370. The first-order chi connectivity index (χ1) is 15.3. The van der Waals surface area contributed by atoms with Crippen LogP contribution < -0.4 is 0 Å². The first kappa shape index (κ1) is 20.4. The lowest BCUT2D eigenvalue weighted by Gasteiger charge is -2.16. The topological polar surface area (TPSA) is 25.8 Å². The van der Waals surface area contributed by atoms with Gasteiger partial charge in [0.25, 0.3) is 0 Å². The Hall–Kier alpha value is -3.52. The summed E-state index contributed by atoms with van der Waals surface area (Å²) in [6, 6.07) is 21.9. The largest absolute Gasteiger partial charge is 0.244 e. The highest BCUT2D eigenvalue weighted by Crippen LogP contribution is 2.37. The molecule has 1 aromatic heterocycles. The number of nitrogens with zero attached hydrogens (tertiary/aromatic N) is 2. The predicted octanol–water partition coefficient (Wildman–Crippen LogP) is 7.97. The van der Waals surface area contributed by atoms with Crippen molar-refractivity contribution in [3.8, 4) is 22.5 Å². The van der Waals surface area contributed by atoms with Crippen LogP contribution >= 0.6 is 0 Å². The van der Waals surface area contributed by atoms with E-state index in [1.807, 2.05) is 0 Å². The average molecular weight is 417 g/mol. The van der Waals surface area contributed by atoms with E-state index in [0.717, 1.165) is 33.5 Å². The smallest absolute Gasteiger partial charge is 0.0973 e. The molecule has 0 aliphatic rings. The Kier molecular flexibility index (Phi) is 4.82. The fourth-order valence-corrected chi connectivity index (χ4v) is 4.98. The van der Waals surface area contributed by atoms with Crippen LogP contribution in [0.25, 0.3) is 44.3 Å². The highest BCUT2D eigenvalue weighted by molar-refractivity contribution is 6.03. The molecule has 0 fully saturated rings. The van der Waals surface area contributed by atoms with Gasteiger partial charge in [0.1, 0.15) is 0 Å². The molecule has 2 heteroatoms. The molecule has 0 aliphatic heterocycles. The minimum atomic E-state index is 0.951. The summed E-state index contributed by atoms with van der Waals surface area (Å²) in [7, 11) is 0. The van der Waals surface area contributed by atoms with Crippen molar-refractivity contribution >= 4 is 21.8 Å². The molecule has 0 aliphatic carbocycles. The molecule has 5 aromatic rings. The van der Waals surface area contributed by atoms with Gasteiger partial charge < -0.3 is 0 Å². The minimum Gasteiger partial charge on any atom is -0.244 e. The second-order valence-corrected chi connectivity index (χ2v) is 9.17. The van der Waals surface area contributed by atoms with Gasteiger partial charge in [-0.1, -0.05) is 58.7 Å². The summed E-state index contributed by atoms with van der Waals surface area (Å²) in [5.41, 5.74) is 13.4. The number of hydrogen-bond acceptors (Lipinski definition) is 2. The summed E-state index contributed by atoms with van der Waals surface area (Å²) >= 11 is 0. The third-order valence-corrected chi connectivity index (χ3v) is 6.33. The van der Waals surface area contributed by atoms with Gasteiger partial charge in [-0.25, -0.2) is 9.97 Å². The van der Waals surface area contributed by atoms with E-state index in [1.165, 1.54) is 44.2 Å². The summed E-state index contributed by atoms with van der Waals surface area (Å²) in [5.74, 6) is 0. The van der Waals surface area contributed by atoms with Crippen LogP contribution in [0.5, 0.6) is 0 Å². The van der Waals surface area contributed by atoms with Crippen LogP contribution in [0.3, 0.4) is 0 Å². The minimum absolute atomic E-state index is 0.951. The molecule has 0 unspecified atom stereocenters. The number of hydrogen-bond donors (Lipinski definition) is 0. The van der Waals surface area contributed by atoms with E-state index in [1.54, 1.807) is 0 Å². The number of aromatic nitrogens is 2. The van der Waals surface area contributed by atoms with E-state index in [2.05, 4.69) is 102 Å². The molecule has 4 aromatic carbocycles. The second-order valence-electron chi connectivity index (χ2n) is 9.17. The monoisotopic (exact) mass is 416 g/mol. The van der Waals surface area contributed by atoms with Gasteiger partial charge in [0.2, 0.25) is 0 Å². The van der Waals surface area contributed by atoms with Crippen molar-refractivity contribution in [1.82, 2.24) is 9.97 Å². The molecule has 0 bridgehead atoms. The lowest BCUT2D eigenvalue weighted by atomic mass is 9.95. The van der Waals surface area contributed by atoms with E-state index in [0.29, 0.717) is 0 Å². The van der Waals surface area contributed by atoms with Gasteiger partial charge in [0.05, 0.1) is 22.4 Å². The first-order valence-electron chi connectivity index (χ1n) is 11.2. The van der Waals surface area contributed by atoms with Gasteiger partial charge in [0, 0.05) is 11.1 Å². The van der Waals surface area contributed by atoms with Gasteiger partial charge in [-0.05, 0) is 87.7 Å². The maximum absolute atomic E-state index is 5.31. The zero-order valence-corrected chi connectivity index (χ0v) is 19.7. The standard InChI is InChI=1S/C30H28N2/c1-17-11-18(2)14-23(13-17)29-30(24-15-19(3)12-20(4)16-24)32-28-22(6)26-10-8-7-9-25(26)21(5)27(28)31-29/h7-16H,1-6H3. The van der Waals surface area contributed by atoms with Crippen LogP contribution in [0.4, 0.5) is 0 Å². The lowest BCUT2D eigenvalue weighted by Crippen LogP contribution is -2.00. The van der Waals surface area contributed by atoms with Gasteiger partial charge >= 0.3 is 0 Å². The normalized spacial score (nSPS) is 11.4. The maximum atomic E-state index is 5.31. The van der Waals surface area contributed by atoms with Crippen molar-refractivity contribution in [3.05, 3.63) is 94.0 Å². The van der Waals surface area contributed by atoms with E-state index in [9.17, 15) is 0 Å². The van der Waals surface area contributed by atoms with Crippen LogP contribution in [0, 0.1) is 41.5 Å². The zero-order valence-electron chi connectivity index (χ0n) is 19.7. The quantitative estimate of drug-likeness (QED) is 0.273. The third-order valence-electron chi connectivity index (χ3n) is 6.33. The number of rotatable bonds is 2. The third kappa shape index (κ3) is 3.36. The van der Waals surface area contributed by atoms with Crippen molar-refractivity contribution in [1.29, 1.82) is 0 Å². The highest BCUT2D eigenvalue weighted by atomic mass is 14.8. The van der Waals surface area contributed by atoms with Gasteiger partial charge in [-0.3, -0.25) is 0 Å². The number of aryl methyl sites for hydroxylation is 6. The van der Waals surface area contributed by atoms with Crippen LogP contribution in [0.2, 0.25) is 0 Å². The highest BCUT2D eigenvalue weighted by Gasteiger charge is 2.18. The molecule has 5 rings (SSSR count). The SMILES string of the molecule is Cc1cc(C)cc(-c2nc3c(C)c4ccccc4c(C)c3nc2-c2cc(C)cc(C)c2)c1. The van der Waals surface area contributed by atoms with Crippen molar-refractivity contribution < 1.29 is 0 Å². The summed E-state index contributed by atoms with van der Waals surface area (Å²) < 4.78 is 0. The molecule has 0 amide bonds. The van der Waals surface area contributed by atoms with Gasteiger partial charge in [-0.15, -0.1) is 0 Å². The zero-order chi connectivity index (χ0) is 22.6. The van der Waals surface area contributed by atoms with Crippen molar-refractivity contribution in [2.75, 3.05) is 0 Å². The Labute approximate surface area is 190 Å². The molecule has 2 nitrogen and oxygen atoms in total. The number of fused-ring (bicyclic) bond motifs is 2. The summed E-state index contributed by atoms with van der Waals surface area (Å²) in [5, 5.41) is 2.50. The molecular formula is C30H28N2. The average Bonchev–Trinajstić information content (AvgIpc) is 2.75. The second kappa shape index (κ2) is 7.56. The first-order valence-corrected chi connectivity index (χ1v) is 11.2. The summed E-state index contributed by atoms with van der Waals surface area (Å²) in [4.78, 5) is 10.6. The maximum Gasteiger partial charge on any atom is 0.0973 e. The van der Waals surface area contributed by atoms with E-state index < -0.39 is 0 Å². The molecule has 0 radical (unpaired) electrons. The molecule has 1 heterocycles. The fraction of sp³-hybridized carbons (Fsp3) is 0.200. The van der Waals surface area contributed by atoms with Gasteiger partial charge in [0.15, 0.2) is 0 Å². The van der Waals surface area contributed by atoms with Crippen LogP contribution in [0.15, 0.2) is 60.7 Å². The van der Waals surface area contributed by atoms with E-state index in [4.69, 9.17) is 9.97 Å².